The number of aryl methyl sites for hydroxylation is 1. The molecule has 0 amide bonds. The van der Waals surface area contributed by atoms with Gasteiger partial charge in [-0.1, -0.05) is 12.1 Å². The molecule has 2 aromatic rings. The minimum atomic E-state index is 0. The van der Waals surface area contributed by atoms with Crippen molar-refractivity contribution in [1.82, 2.24) is 15.6 Å². The van der Waals surface area contributed by atoms with E-state index in [0.29, 0.717) is 19.8 Å². The maximum Gasteiger partial charge on any atom is 0.191 e. The van der Waals surface area contributed by atoms with Crippen molar-refractivity contribution in [1.29, 1.82) is 0 Å². The van der Waals surface area contributed by atoms with Crippen molar-refractivity contribution in [3.05, 3.63) is 45.9 Å². The van der Waals surface area contributed by atoms with Crippen LogP contribution >= 0.6 is 35.3 Å². The molecule has 0 aliphatic rings. The Morgan fingerprint density at radius 3 is 2.81 bits per heavy atom. The van der Waals surface area contributed by atoms with Gasteiger partial charge in [-0.25, -0.2) is 4.98 Å². The monoisotopic (exact) mass is 490 g/mol. The number of ether oxygens (including phenoxy) is 2. The number of nitrogens with one attached hydrogen (secondary N) is 2. The highest BCUT2D eigenvalue weighted by atomic mass is 127. The van der Waals surface area contributed by atoms with E-state index >= 15 is 0 Å². The zero-order valence-electron chi connectivity index (χ0n) is 15.4. The Morgan fingerprint density at radius 2 is 2.12 bits per heavy atom. The summed E-state index contributed by atoms with van der Waals surface area (Å²) in [6.45, 7) is 4.68. The second-order valence-corrected chi connectivity index (χ2v) is 6.78. The molecule has 6 nitrogen and oxygen atoms in total. The van der Waals surface area contributed by atoms with E-state index < -0.39 is 0 Å². The van der Waals surface area contributed by atoms with Gasteiger partial charge in [0, 0.05) is 44.7 Å². The molecule has 0 saturated carbocycles. The first-order chi connectivity index (χ1) is 12.2. The number of hydrogen-bond acceptors (Lipinski definition) is 5. The first-order valence-corrected chi connectivity index (χ1v) is 9.09. The van der Waals surface area contributed by atoms with Crippen molar-refractivity contribution >= 4 is 41.3 Å². The number of benzene rings is 1. The summed E-state index contributed by atoms with van der Waals surface area (Å²) in [6.07, 6.45) is 2.80. The molecule has 2 N–H and O–H groups in total. The Balaban J connectivity index is 0.00000338. The maximum atomic E-state index is 5.63. The number of methoxy groups -OCH3 is 1. The van der Waals surface area contributed by atoms with Crippen LogP contribution in [0.1, 0.15) is 15.4 Å². The van der Waals surface area contributed by atoms with Crippen LogP contribution < -0.4 is 15.4 Å². The van der Waals surface area contributed by atoms with Crippen LogP contribution in [0.3, 0.4) is 0 Å². The number of halogens is 1. The summed E-state index contributed by atoms with van der Waals surface area (Å²) in [4.78, 5) is 9.86. The molecular weight excluding hydrogens is 463 g/mol. The van der Waals surface area contributed by atoms with Gasteiger partial charge in [0.15, 0.2) is 5.96 Å². The summed E-state index contributed by atoms with van der Waals surface area (Å²) in [5.41, 5.74) is 1.13. The second kappa shape index (κ2) is 12.9. The Morgan fingerprint density at radius 1 is 1.27 bits per heavy atom. The van der Waals surface area contributed by atoms with Crippen molar-refractivity contribution < 1.29 is 9.47 Å². The quantitative estimate of drug-likeness (QED) is 0.245. The standard InChI is InChI=1S/C18H26N4O2S.HI/c1-14-12-21-17(25-14)7-8-20-18(19-2)22-13-15-5-4-6-16(11-15)24-10-9-23-3;/h4-6,11-12H,7-10,13H2,1-3H3,(H2,19,20,22);1H. The number of hydrogen-bond donors (Lipinski definition) is 2. The van der Waals surface area contributed by atoms with E-state index in [9.17, 15) is 0 Å². The van der Waals surface area contributed by atoms with Crippen LogP contribution in [0.25, 0.3) is 0 Å². The van der Waals surface area contributed by atoms with E-state index in [2.05, 4.69) is 33.6 Å². The van der Waals surface area contributed by atoms with Crippen LogP contribution in [0, 0.1) is 6.92 Å². The number of aromatic nitrogens is 1. The summed E-state index contributed by atoms with van der Waals surface area (Å²) in [5.74, 6) is 1.62. The fraction of sp³-hybridized carbons (Fsp3) is 0.444. The third-order valence-electron chi connectivity index (χ3n) is 3.44. The van der Waals surface area contributed by atoms with E-state index in [1.807, 2.05) is 24.4 Å². The lowest BCUT2D eigenvalue weighted by molar-refractivity contribution is 0.146. The van der Waals surface area contributed by atoms with Crippen molar-refractivity contribution in [2.75, 3.05) is 33.9 Å². The molecule has 0 atom stereocenters. The molecule has 0 spiro atoms. The summed E-state index contributed by atoms with van der Waals surface area (Å²) < 4.78 is 10.6. The topological polar surface area (TPSA) is 67.8 Å². The van der Waals surface area contributed by atoms with Crippen LogP contribution in [-0.2, 0) is 17.7 Å². The van der Waals surface area contributed by atoms with E-state index in [1.165, 1.54) is 4.88 Å². The van der Waals surface area contributed by atoms with Gasteiger partial charge >= 0.3 is 0 Å². The lowest BCUT2D eigenvalue weighted by atomic mass is 10.2. The Bertz CT molecular complexity index is 679. The first kappa shape index (κ1) is 22.7. The average molecular weight is 490 g/mol. The zero-order chi connectivity index (χ0) is 17.9. The van der Waals surface area contributed by atoms with Crippen LogP contribution in [0.15, 0.2) is 35.5 Å². The minimum absolute atomic E-state index is 0. The molecule has 0 saturated heterocycles. The highest BCUT2D eigenvalue weighted by Gasteiger charge is 2.02. The molecule has 0 bridgehead atoms. The maximum absolute atomic E-state index is 5.63. The lowest BCUT2D eigenvalue weighted by Crippen LogP contribution is -2.37. The summed E-state index contributed by atoms with van der Waals surface area (Å²) in [5, 5.41) is 7.77. The summed E-state index contributed by atoms with van der Waals surface area (Å²) >= 11 is 1.73. The molecular formula is C18H27IN4O2S. The lowest BCUT2D eigenvalue weighted by Gasteiger charge is -2.12. The number of nitrogens with zero attached hydrogens (tertiary/aromatic N) is 2. The van der Waals surface area contributed by atoms with Crippen molar-refractivity contribution in [3.8, 4) is 5.75 Å². The largest absolute Gasteiger partial charge is 0.491 e. The summed E-state index contributed by atoms with van der Waals surface area (Å²) in [7, 11) is 3.44. The zero-order valence-corrected chi connectivity index (χ0v) is 18.6. The second-order valence-electron chi connectivity index (χ2n) is 5.46. The van der Waals surface area contributed by atoms with Gasteiger partial charge < -0.3 is 20.1 Å². The fourth-order valence-electron chi connectivity index (χ4n) is 2.20. The molecule has 0 radical (unpaired) electrons. The Kier molecular flexibility index (Phi) is 11.2. The molecule has 0 aliphatic heterocycles. The van der Waals surface area contributed by atoms with Gasteiger partial charge in [-0.05, 0) is 24.6 Å². The van der Waals surface area contributed by atoms with Gasteiger partial charge in [0.05, 0.1) is 11.6 Å². The van der Waals surface area contributed by atoms with Gasteiger partial charge in [0.2, 0.25) is 0 Å². The predicted octanol–water partition coefficient (Wildman–Crippen LogP) is 3.00. The summed E-state index contributed by atoms with van der Waals surface area (Å²) in [6, 6.07) is 8.01. The van der Waals surface area contributed by atoms with Gasteiger partial charge in [-0.2, -0.15) is 0 Å². The fourth-order valence-corrected chi connectivity index (χ4v) is 2.99. The van der Waals surface area contributed by atoms with E-state index in [1.54, 1.807) is 25.5 Å². The molecule has 1 aromatic carbocycles. The molecule has 0 fully saturated rings. The minimum Gasteiger partial charge on any atom is -0.491 e. The van der Waals surface area contributed by atoms with Crippen LogP contribution in [0.2, 0.25) is 0 Å². The van der Waals surface area contributed by atoms with Gasteiger partial charge in [0.25, 0.3) is 0 Å². The SMILES string of the molecule is CN=C(NCCc1ncc(C)s1)NCc1cccc(OCCOC)c1.I. The van der Waals surface area contributed by atoms with Gasteiger partial charge in [-0.3, -0.25) is 4.99 Å². The number of rotatable bonds is 9. The predicted molar refractivity (Wildman–Crippen MR) is 118 cm³/mol. The van der Waals surface area contributed by atoms with Gasteiger partial charge in [0.1, 0.15) is 12.4 Å². The average Bonchev–Trinajstić information content (AvgIpc) is 3.04. The van der Waals surface area contributed by atoms with E-state index in [4.69, 9.17) is 9.47 Å². The van der Waals surface area contributed by atoms with E-state index in [0.717, 1.165) is 35.2 Å². The van der Waals surface area contributed by atoms with Crippen molar-refractivity contribution in [3.63, 3.8) is 0 Å². The molecule has 1 aromatic heterocycles. The number of guanidine groups is 1. The normalized spacial score (nSPS) is 11.0. The van der Waals surface area contributed by atoms with E-state index in [-0.39, 0.29) is 24.0 Å². The molecule has 8 heteroatoms. The molecule has 1 heterocycles. The first-order valence-electron chi connectivity index (χ1n) is 8.27. The van der Waals surface area contributed by atoms with Crippen LogP contribution in [-0.4, -0.2) is 44.9 Å². The Hall–Kier alpha value is -1.39. The molecule has 144 valence electrons. The van der Waals surface area contributed by atoms with Crippen LogP contribution in [0.5, 0.6) is 5.75 Å². The molecule has 0 aliphatic carbocycles. The van der Waals surface area contributed by atoms with Crippen molar-refractivity contribution in [2.45, 2.75) is 19.9 Å². The van der Waals surface area contributed by atoms with Gasteiger partial charge in [-0.15, -0.1) is 35.3 Å². The highest BCUT2D eigenvalue weighted by Crippen LogP contribution is 2.13. The number of aliphatic imine (C=N–C) groups is 1. The highest BCUT2D eigenvalue weighted by molar-refractivity contribution is 14.0. The van der Waals surface area contributed by atoms with Crippen molar-refractivity contribution in [2.24, 2.45) is 4.99 Å². The Labute approximate surface area is 176 Å². The smallest absolute Gasteiger partial charge is 0.191 e. The molecule has 0 unspecified atom stereocenters. The third kappa shape index (κ3) is 8.33. The number of thiazole rings is 1. The molecule has 26 heavy (non-hydrogen) atoms. The third-order valence-corrected chi connectivity index (χ3v) is 4.41. The van der Waals surface area contributed by atoms with Crippen LogP contribution in [0.4, 0.5) is 0 Å². The molecule has 2 rings (SSSR count).